The zero-order chi connectivity index (χ0) is 17.0. The molecule has 2 rings (SSSR count). The summed E-state index contributed by atoms with van der Waals surface area (Å²) >= 11 is 1.36. The summed E-state index contributed by atoms with van der Waals surface area (Å²) in [6, 6.07) is 5.59. The summed E-state index contributed by atoms with van der Waals surface area (Å²) in [5, 5.41) is 11.5. The van der Waals surface area contributed by atoms with E-state index in [1.165, 1.54) is 23.9 Å². The molecule has 23 heavy (non-hydrogen) atoms. The molecule has 1 aromatic rings. The number of nitro groups is 1. The van der Waals surface area contributed by atoms with Crippen molar-refractivity contribution in [3.63, 3.8) is 0 Å². The lowest BCUT2D eigenvalue weighted by atomic mass is 9.89. The van der Waals surface area contributed by atoms with Crippen LogP contribution in [-0.4, -0.2) is 34.6 Å². The number of hydrogen-bond acceptors (Lipinski definition) is 7. The van der Waals surface area contributed by atoms with E-state index in [0.29, 0.717) is 16.4 Å². The number of non-ortho nitro benzene ring substituents is 1. The first kappa shape index (κ1) is 17.1. The van der Waals surface area contributed by atoms with Crippen LogP contribution in [-0.2, 0) is 9.53 Å². The van der Waals surface area contributed by atoms with E-state index < -0.39 is 22.9 Å². The number of rotatable bonds is 4. The number of benzene rings is 1. The van der Waals surface area contributed by atoms with Crippen LogP contribution in [0.2, 0.25) is 0 Å². The van der Waals surface area contributed by atoms with Crippen LogP contribution in [0.25, 0.3) is 0 Å². The van der Waals surface area contributed by atoms with Crippen LogP contribution in [0.15, 0.2) is 34.3 Å². The summed E-state index contributed by atoms with van der Waals surface area (Å²) in [6.07, 6.45) is 1.84. The molecule has 0 aromatic heterocycles. The van der Waals surface area contributed by atoms with Gasteiger partial charge >= 0.3 is 5.97 Å². The smallest absolute Gasteiger partial charge is 0.317 e. The van der Waals surface area contributed by atoms with E-state index in [1.54, 1.807) is 26.0 Å². The van der Waals surface area contributed by atoms with Crippen LogP contribution >= 0.6 is 11.8 Å². The van der Waals surface area contributed by atoms with Gasteiger partial charge in [0.05, 0.1) is 17.6 Å². The number of carbonyl (C=O) groups is 1. The molecule has 0 radical (unpaired) electrons. The van der Waals surface area contributed by atoms with Gasteiger partial charge in [0.15, 0.2) is 5.17 Å². The fraction of sp³-hybridized carbons (Fsp3) is 0.400. The summed E-state index contributed by atoms with van der Waals surface area (Å²) in [4.78, 5) is 31.6. The van der Waals surface area contributed by atoms with Crippen LogP contribution in [0.1, 0.15) is 25.5 Å². The van der Waals surface area contributed by atoms with Gasteiger partial charge in [-0.05, 0) is 25.7 Å². The third-order valence-electron chi connectivity index (χ3n) is 3.43. The number of aliphatic imine (C=N–C) groups is 2. The Morgan fingerprint density at radius 1 is 1.48 bits per heavy atom. The van der Waals surface area contributed by atoms with Gasteiger partial charge in [-0.25, -0.2) is 4.99 Å². The average Bonchev–Trinajstić information content (AvgIpc) is 2.54. The van der Waals surface area contributed by atoms with Gasteiger partial charge in [0.1, 0.15) is 5.92 Å². The molecule has 0 aliphatic carbocycles. The number of carbonyl (C=O) groups excluding carboxylic acids is 1. The minimum atomic E-state index is -0.673. The van der Waals surface area contributed by atoms with Crippen LogP contribution in [0.3, 0.4) is 0 Å². The molecule has 0 bridgehead atoms. The average molecular weight is 335 g/mol. The van der Waals surface area contributed by atoms with E-state index in [4.69, 9.17) is 4.74 Å². The fourth-order valence-electron chi connectivity index (χ4n) is 2.39. The highest BCUT2D eigenvalue weighted by molar-refractivity contribution is 8.13. The normalized spacial score (nSPS) is 20.5. The van der Waals surface area contributed by atoms with Crippen molar-refractivity contribution in [1.82, 2.24) is 0 Å². The Balaban J connectivity index is 2.47. The first-order chi connectivity index (χ1) is 11.0. The topological polar surface area (TPSA) is 94.2 Å². The van der Waals surface area contributed by atoms with Gasteiger partial charge in [-0.15, -0.1) is 0 Å². The highest BCUT2D eigenvalue weighted by Gasteiger charge is 2.36. The highest BCUT2D eigenvalue weighted by atomic mass is 32.2. The third-order valence-corrected chi connectivity index (χ3v) is 3.99. The Morgan fingerprint density at radius 3 is 2.83 bits per heavy atom. The molecule has 1 aliphatic rings. The summed E-state index contributed by atoms with van der Waals surface area (Å²) in [5.74, 6) is -1.10. The van der Waals surface area contributed by atoms with Crippen molar-refractivity contribution in [1.29, 1.82) is 0 Å². The van der Waals surface area contributed by atoms with E-state index in [1.807, 2.05) is 6.26 Å². The van der Waals surface area contributed by atoms with Gasteiger partial charge in [-0.2, -0.15) is 0 Å². The molecule has 0 N–H and O–H groups in total. The monoisotopic (exact) mass is 335 g/mol. The second-order valence-electron chi connectivity index (χ2n) is 4.90. The van der Waals surface area contributed by atoms with Crippen molar-refractivity contribution in [3.8, 4) is 0 Å². The molecule has 0 saturated carbocycles. The van der Waals surface area contributed by atoms with E-state index in [0.717, 1.165) is 0 Å². The Kier molecular flexibility index (Phi) is 5.49. The summed E-state index contributed by atoms with van der Waals surface area (Å²) in [6.45, 7) is 3.73. The molecule has 1 aromatic carbocycles. The Hall–Kier alpha value is -2.22. The van der Waals surface area contributed by atoms with E-state index in [-0.39, 0.29) is 12.3 Å². The lowest BCUT2D eigenvalue weighted by molar-refractivity contribution is -0.384. The first-order valence-electron chi connectivity index (χ1n) is 7.05. The second-order valence-corrected chi connectivity index (χ2v) is 5.67. The minimum Gasteiger partial charge on any atom is -0.465 e. The molecule has 7 nitrogen and oxygen atoms in total. The molecular weight excluding hydrogens is 318 g/mol. The van der Waals surface area contributed by atoms with Gasteiger partial charge in [0.2, 0.25) is 0 Å². The first-order valence-corrected chi connectivity index (χ1v) is 8.28. The van der Waals surface area contributed by atoms with Crippen molar-refractivity contribution >= 4 is 34.3 Å². The predicted molar refractivity (Wildman–Crippen MR) is 90.0 cm³/mol. The zero-order valence-electron chi connectivity index (χ0n) is 13.1. The molecule has 0 spiro atoms. The van der Waals surface area contributed by atoms with Gasteiger partial charge in [0.25, 0.3) is 5.69 Å². The second kappa shape index (κ2) is 7.36. The van der Waals surface area contributed by atoms with Crippen LogP contribution in [0.5, 0.6) is 0 Å². The number of hydrogen-bond donors (Lipinski definition) is 0. The van der Waals surface area contributed by atoms with Gasteiger partial charge in [-0.3, -0.25) is 19.9 Å². The molecule has 2 atom stereocenters. The molecular formula is C15H17N3O4S. The Labute approximate surface area is 138 Å². The SMILES string of the molecule is CCOC(=O)C1C(C)=NC(SC)=NC1c1cccc([N+](=O)[O-])c1. The van der Waals surface area contributed by atoms with Gasteiger partial charge in [0, 0.05) is 17.8 Å². The highest BCUT2D eigenvalue weighted by Crippen LogP contribution is 2.34. The number of ether oxygens (including phenoxy) is 1. The minimum absolute atomic E-state index is 0.0359. The van der Waals surface area contributed by atoms with Crippen molar-refractivity contribution < 1.29 is 14.5 Å². The molecule has 2 unspecified atom stereocenters. The molecule has 0 amide bonds. The standard InChI is InChI=1S/C15H17N3O4S/c1-4-22-14(19)12-9(2)16-15(23-3)17-13(12)10-6-5-7-11(8-10)18(20)21/h5-8,12-13H,4H2,1-3H3. The molecule has 8 heteroatoms. The number of esters is 1. The van der Waals surface area contributed by atoms with Crippen molar-refractivity contribution in [2.45, 2.75) is 19.9 Å². The Bertz CT molecular complexity index is 687. The molecule has 122 valence electrons. The maximum absolute atomic E-state index is 12.3. The van der Waals surface area contributed by atoms with E-state index in [2.05, 4.69) is 9.98 Å². The van der Waals surface area contributed by atoms with E-state index >= 15 is 0 Å². The number of amidine groups is 1. The molecule has 0 saturated heterocycles. The van der Waals surface area contributed by atoms with Gasteiger partial charge < -0.3 is 4.74 Å². The van der Waals surface area contributed by atoms with E-state index in [9.17, 15) is 14.9 Å². The van der Waals surface area contributed by atoms with Crippen molar-refractivity contribution in [3.05, 3.63) is 39.9 Å². The predicted octanol–water partition coefficient (Wildman–Crippen LogP) is 3.01. The lowest BCUT2D eigenvalue weighted by Crippen LogP contribution is -2.33. The van der Waals surface area contributed by atoms with Crippen LogP contribution < -0.4 is 0 Å². The van der Waals surface area contributed by atoms with Crippen LogP contribution in [0.4, 0.5) is 5.69 Å². The fourth-order valence-corrected chi connectivity index (χ4v) is 2.84. The summed E-state index contributed by atoms with van der Waals surface area (Å²) in [5.41, 5.74) is 1.16. The quantitative estimate of drug-likeness (QED) is 0.479. The van der Waals surface area contributed by atoms with Gasteiger partial charge in [-0.1, -0.05) is 23.9 Å². The maximum atomic E-state index is 12.3. The summed E-state index contributed by atoms with van der Waals surface area (Å²) in [7, 11) is 0. The maximum Gasteiger partial charge on any atom is 0.317 e. The lowest BCUT2D eigenvalue weighted by Gasteiger charge is -2.26. The summed E-state index contributed by atoms with van der Waals surface area (Å²) < 4.78 is 5.12. The molecule has 0 fully saturated rings. The number of nitrogens with zero attached hydrogens (tertiary/aromatic N) is 3. The molecule has 1 heterocycles. The van der Waals surface area contributed by atoms with Crippen molar-refractivity contribution in [2.75, 3.05) is 12.9 Å². The Morgan fingerprint density at radius 2 is 2.22 bits per heavy atom. The van der Waals surface area contributed by atoms with Crippen LogP contribution in [0, 0.1) is 16.0 Å². The van der Waals surface area contributed by atoms with Crippen molar-refractivity contribution in [2.24, 2.45) is 15.9 Å². The largest absolute Gasteiger partial charge is 0.465 e. The molecule has 1 aliphatic heterocycles. The number of thioether (sulfide) groups is 1. The third kappa shape index (κ3) is 3.76. The number of nitro benzene ring substituents is 1. The zero-order valence-corrected chi connectivity index (χ0v) is 13.9.